The van der Waals surface area contributed by atoms with Crippen molar-refractivity contribution in [3.05, 3.63) is 82.2 Å². The first-order chi connectivity index (χ1) is 14.2. The molecular formula is C23H18BrN5. The van der Waals surface area contributed by atoms with Crippen molar-refractivity contribution in [2.24, 2.45) is 0 Å². The van der Waals surface area contributed by atoms with Gasteiger partial charge in [0.2, 0.25) is 0 Å². The molecule has 0 fully saturated rings. The molecule has 0 amide bonds. The second-order valence-corrected chi connectivity index (χ2v) is 8.06. The normalized spacial score (nSPS) is 11.9. The van der Waals surface area contributed by atoms with Crippen LogP contribution in [0.15, 0.2) is 65.4 Å². The van der Waals surface area contributed by atoms with Gasteiger partial charge in [-0.1, -0.05) is 28.1 Å². The molecule has 0 aliphatic carbocycles. The van der Waals surface area contributed by atoms with Gasteiger partial charge in [-0.2, -0.15) is 5.26 Å². The van der Waals surface area contributed by atoms with E-state index in [1.807, 2.05) is 37.5 Å². The third-order valence-electron chi connectivity index (χ3n) is 5.29. The fourth-order valence-corrected chi connectivity index (χ4v) is 4.36. The van der Waals surface area contributed by atoms with Crippen LogP contribution < -0.4 is 5.32 Å². The Hall–Kier alpha value is -3.14. The Morgan fingerprint density at radius 2 is 1.97 bits per heavy atom. The predicted molar refractivity (Wildman–Crippen MR) is 117 cm³/mol. The summed E-state index contributed by atoms with van der Waals surface area (Å²) in [6.07, 6.45) is 4.12. The largest absolute Gasteiger partial charge is 0.340 e. The van der Waals surface area contributed by atoms with Crippen LogP contribution in [0.4, 0.5) is 0 Å². The molecule has 142 valence electrons. The molecule has 0 atom stereocenters. The molecule has 5 nitrogen and oxygen atoms in total. The van der Waals surface area contributed by atoms with Gasteiger partial charge in [0.1, 0.15) is 0 Å². The number of benzene rings is 2. The number of halogens is 1. The van der Waals surface area contributed by atoms with Gasteiger partial charge in [0.25, 0.3) is 0 Å². The lowest BCUT2D eigenvalue weighted by molar-refractivity contribution is 0.768. The highest BCUT2D eigenvalue weighted by molar-refractivity contribution is 9.10. The molecule has 0 bridgehead atoms. The quantitative estimate of drug-likeness (QED) is 0.438. The van der Waals surface area contributed by atoms with Crippen molar-refractivity contribution in [1.82, 2.24) is 19.4 Å². The minimum Gasteiger partial charge on any atom is -0.340 e. The molecule has 3 heterocycles. The van der Waals surface area contributed by atoms with Crippen molar-refractivity contribution in [2.45, 2.75) is 13.1 Å². The average Bonchev–Trinajstić information content (AvgIpc) is 3.30. The van der Waals surface area contributed by atoms with Crippen LogP contribution >= 0.6 is 15.9 Å². The Balaban J connectivity index is 1.70. The van der Waals surface area contributed by atoms with E-state index in [2.05, 4.69) is 66.9 Å². The topological polar surface area (TPSA) is 58.6 Å². The number of nitrogens with one attached hydrogen (secondary N) is 1. The highest BCUT2D eigenvalue weighted by Crippen LogP contribution is 2.36. The zero-order valence-corrected chi connectivity index (χ0v) is 17.4. The summed E-state index contributed by atoms with van der Waals surface area (Å²) in [6.45, 7) is 1.51. The maximum Gasteiger partial charge on any atom is 0.161 e. The smallest absolute Gasteiger partial charge is 0.161 e. The van der Waals surface area contributed by atoms with Crippen LogP contribution in [0.5, 0.6) is 0 Å². The summed E-state index contributed by atoms with van der Waals surface area (Å²) in [5.41, 5.74) is 7.48. The number of nitriles is 1. The van der Waals surface area contributed by atoms with Crippen LogP contribution in [0.25, 0.3) is 28.3 Å². The number of aromatic nitrogens is 3. The Morgan fingerprint density at radius 1 is 1.14 bits per heavy atom. The number of nitrogens with zero attached hydrogens (tertiary/aromatic N) is 4. The summed E-state index contributed by atoms with van der Waals surface area (Å²) in [7, 11) is 1.95. The highest BCUT2D eigenvalue weighted by atomic mass is 79.9. The van der Waals surface area contributed by atoms with Gasteiger partial charge in [-0.05, 0) is 54.6 Å². The third-order valence-corrected chi connectivity index (χ3v) is 5.78. The first kappa shape index (κ1) is 17.9. The molecule has 0 spiro atoms. The summed E-state index contributed by atoms with van der Waals surface area (Å²) in [4.78, 5) is 4.78. The van der Waals surface area contributed by atoms with Crippen molar-refractivity contribution in [1.29, 1.82) is 5.26 Å². The number of hydrogen-bond donors (Lipinski definition) is 1. The van der Waals surface area contributed by atoms with Crippen molar-refractivity contribution in [3.63, 3.8) is 0 Å². The van der Waals surface area contributed by atoms with E-state index in [0.29, 0.717) is 5.56 Å². The number of fused-ring (bicyclic) bond motifs is 5. The maximum atomic E-state index is 9.06. The average molecular weight is 444 g/mol. The zero-order chi connectivity index (χ0) is 20.0. The van der Waals surface area contributed by atoms with E-state index >= 15 is 0 Å². The lowest BCUT2D eigenvalue weighted by Gasteiger charge is -2.13. The molecule has 4 aromatic rings. The predicted octanol–water partition coefficient (Wildman–Crippen LogP) is 4.72. The second-order valence-electron chi connectivity index (χ2n) is 7.14. The Bertz CT molecular complexity index is 1260. The van der Waals surface area contributed by atoms with Gasteiger partial charge >= 0.3 is 0 Å². The first-order valence-corrected chi connectivity index (χ1v) is 10.2. The molecule has 0 unspecified atom stereocenters. The van der Waals surface area contributed by atoms with Crippen molar-refractivity contribution in [2.75, 3.05) is 7.05 Å². The number of hydrogen-bond acceptors (Lipinski definition) is 3. The summed E-state index contributed by atoms with van der Waals surface area (Å²) in [5.74, 6) is 0.941. The number of rotatable bonds is 3. The van der Waals surface area contributed by atoms with Crippen LogP contribution in [0, 0.1) is 11.3 Å². The molecular weight excluding hydrogens is 426 g/mol. The van der Waals surface area contributed by atoms with Crippen molar-refractivity contribution >= 4 is 15.9 Å². The van der Waals surface area contributed by atoms with E-state index in [9.17, 15) is 0 Å². The monoisotopic (exact) mass is 443 g/mol. The molecule has 5 rings (SSSR count). The van der Waals surface area contributed by atoms with Crippen LogP contribution in [0.1, 0.15) is 16.8 Å². The minimum atomic E-state index is 0.667. The lowest BCUT2D eigenvalue weighted by Crippen LogP contribution is -2.11. The van der Waals surface area contributed by atoms with E-state index in [0.717, 1.165) is 51.6 Å². The van der Waals surface area contributed by atoms with E-state index in [4.69, 9.17) is 10.2 Å². The Labute approximate surface area is 177 Å². The molecule has 1 aliphatic rings. The van der Waals surface area contributed by atoms with E-state index in [1.54, 1.807) is 0 Å². The molecule has 1 aliphatic heterocycles. The molecule has 0 radical (unpaired) electrons. The van der Waals surface area contributed by atoms with Crippen LogP contribution in [-0.2, 0) is 13.1 Å². The molecule has 6 heteroatoms. The zero-order valence-electron chi connectivity index (χ0n) is 15.9. The minimum absolute atomic E-state index is 0.667. The van der Waals surface area contributed by atoms with Gasteiger partial charge < -0.3 is 9.88 Å². The van der Waals surface area contributed by atoms with Crippen LogP contribution in [-0.4, -0.2) is 21.2 Å². The van der Waals surface area contributed by atoms with Gasteiger partial charge in [-0.15, -0.1) is 0 Å². The summed E-state index contributed by atoms with van der Waals surface area (Å²) in [5, 5.41) is 12.3. The Kier molecular flexibility index (Phi) is 4.35. The fraction of sp³-hybridized carbons (Fsp3) is 0.130. The third kappa shape index (κ3) is 3.00. The maximum absolute atomic E-state index is 9.06. The molecule has 1 N–H and O–H groups in total. The standard InChI is InChI=1S/C23H18BrN5/c1-26-11-20-12-27-23-22-9-17(16-4-2-15(10-25)3-5-16)13-28(22)14-18-8-19(24)6-7-21(18)29(20)23/h2-9,12-13,26H,11,14H2,1H3. The van der Waals surface area contributed by atoms with Gasteiger partial charge in [0.05, 0.1) is 34.9 Å². The summed E-state index contributed by atoms with van der Waals surface area (Å²) >= 11 is 3.62. The van der Waals surface area contributed by atoms with Crippen molar-refractivity contribution in [3.8, 4) is 34.4 Å². The van der Waals surface area contributed by atoms with Gasteiger partial charge in [0.15, 0.2) is 5.82 Å². The Morgan fingerprint density at radius 3 is 2.72 bits per heavy atom. The molecule has 0 saturated heterocycles. The molecule has 29 heavy (non-hydrogen) atoms. The van der Waals surface area contributed by atoms with E-state index < -0.39 is 0 Å². The summed E-state index contributed by atoms with van der Waals surface area (Å²) in [6, 6.07) is 18.5. The molecule has 2 aromatic heterocycles. The molecule has 0 saturated carbocycles. The first-order valence-electron chi connectivity index (χ1n) is 9.39. The highest BCUT2D eigenvalue weighted by Gasteiger charge is 2.23. The summed E-state index contributed by atoms with van der Waals surface area (Å²) < 4.78 is 5.57. The molecule has 2 aromatic carbocycles. The second kappa shape index (κ2) is 7.03. The van der Waals surface area contributed by atoms with E-state index in [1.165, 1.54) is 5.56 Å². The van der Waals surface area contributed by atoms with Crippen molar-refractivity contribution < 1.29 is 0 Å². The van der Waals surface area contributed by atoms with Gasteiger partial charge in [0, 0.05) is 29.3 Å². The fourth-order valence-electron chi connectivity index (χ4n) is 3.95. The van der Waals surface area contributed by atoms with Gasteiger partial charge in [-0.3, -0.25) is 4.57 Å². The van der Waals surface area contributed by atoms with Crippen LogP contribution in [0.2, 0.25) is 0 Å². The van der Waals surface area contributed by atoms with Crippen LogP contribution in [0.3, 0.4) is 0 Å². The van der Waals surface area contributed by atoms with E-state index in [-0.39, 0.29) is 0 Å². The lowest BCUT2D eigenvalue weighted by atomic mass is 10.1. The SMILES string of the molecule is CNCc1cnc2n1-c1ccc(Br)cc1Cn1cc(-c3ccc(C#N)cc3)cc1-2. The van der Waals surface area contributed by atoms with Gasteiger partial charge in [-0.25, -0.2) is 4.98 Å². The number of imidazole rings is 1.